The maximum Gasteiger partial charge on any atom is 0.126 e. The second-order valence-corrected chi connectivity index (χ2v) is 5.94. The molecule has 0 saturated carbocycles. The highest BCUT2D eigenvalue weighted by molar-refractivity contribution is 9.08. The summed E-state index contributed by atoms with van der Waals surface area (Å²) in [5, 5.41) is 0.829. The van der Waals surface area contributed by atoms with Crippen LogP contribution in [0.5, 0.6) is 5.75 Å². The molecule has 0 heterocycles. The molecule has 0 amide bonds. The highest BCUT2D eigenvalue weighted by Gasteiger charge is 2.05. The van der Waals surface area contributed by atoms with Gasteiger partial charge in [0, 0.05) is 21.5 Å². The Labute approximate surface area is 127 Å². The average molecular weight is 337 g/mol. The van der Waals surface area contributed by atoms with Gasteiger partial charge in [-0.1, -0.05) is 52.3 Å². The number of hydrogen-bond donors (Lipinski definition) is 0. The Morgan fingerprint density at radius 3 is 2.58 bits per heavy atom. The first-order valence-electron chi connectivity index (χ1n) is 6.26. The summed E-state index contributed by atoms with van der Waals surface area (Å²) in [6.45, 7) is 2.82. The first kappa shape index (κ1) is 14.5. The van der Waals surface area contributed by atoms with E-state index in [-0.39, 0.29) is 0 Å². The van der Waals surface area contributed by atoms with Crippen LogP contribution in [0.15, 0.2) is 53.4 Å². The lowest BCUT2D eigenvalue weighted by atomic mass is 10.1. The van der Waals surface area contributed by atoms with Crippen LogP contribution in [0.25, 0.3) is 0 Å². The normalized spacial score (nSPS) is 10.4. The maximum atomic E-state index is 5.93. The highest BCUT2D eigenvalue weighted by Crippen LogP contribution is 2.26. The van der Waals surface area contributed by atoms with Gasteiger partial charge in [0.15, 0.2) is 0 Å². The fraction of sp³-hybridized carbons (Fsp3) is 0.250. The van der Waals surface area contributed by atoms with Crippen molar-refractivity contribution in [1.82, 2.24) is 0 Å². The Balaban J connectivity index is 1.86. The zero-order chi connectivity index (χ0) is 13.5. The Morgan fingerprint density at radius 2 is 1.84 bits per heavy atom. The molecular formula is C16H17BrOS. The number of rotatable bonds is 6. The molecule has 2 aromatic carbocycles. The van der Waals surface area contributed by atoms with E-state index in [2.05, 4.69) is 65.3 Å². The summed E-state index contributed by atoms with van der Waals surface area (Å²) in [6, 6.07) is 16.7. The summed E-state index contributed by atoms with van der Waals surface area (Å²) in [7, 11) is 0. The van der Waals surface area contributed by atoms with E-state index < -0.39 is 0 Å². The molecule has 2 aromatic rings. The minimum atomic E-state index is 0.727. The smallest absolute Gasteiger partial charge is 0.126 e. The molecule has 0 radical (unpaired) electrons. The molecule has 0 aliphatic carbocycles. The second-order valence-electron chi connectivity index (χ2n) is 4.21. The largest absolute Gasteiger partial charge is 0.492 e. The van der Waals surface area contributed by atoms with Gasteiger partial charge in [-0.25, -0.2) is 0 Å². The number of benzene rings is 2. The van der Waals surface area contributed by atoms with E-state index in [9.17, 15) is 0 Å². The molecule has 19 heavy (non-hydrogen) atoms. The molecule has 0 atom stereocenters. The van der Waals surface area contributed by atoms with Gasteiger partial charge >= 0.3 is 0 Å². The summed E-state index contributed by atoms with van der Waals surface area (Å²) in [5.41, 5.74) is 2.41. The third kappa shape index (κ3) is 4.29. The first-order valence-corrected chi connectivity index (χ1v) is 8.37. The van der Waals surface area contributed by atoms with Crippen molar-refractivity contribution in [3.05, 3.63) is 59.7 Å². The highest BCUT2D eigenvalue weighted by atomic mass is 79.9. The van der Waals surface area contributed by atoms with Gasteiger partial charge in [0.2, 0.25) is 0 Å². The van der Waals surface area contributed by atoms with Crippen LogP contribution in [0.3, 0.4) is 0 Å². The molecule has 0 spiro atoms. The molecule has 0 N–H and O–H groups in total. The molecule has 100 valence electrons. The number of hydrogen-bond acceptors (Lipinski definition) is 2. The number of halogens is 1. The molecule has 0 aliphatic rings. The lowest BCUT2D eigenvalue weighted by Gasteiger charge is -2.12. The van der Waals surface area contributed by atoms with Crippen molar-refractivity contribution in [3.63, 3.8) is 0 Å². The molecule has 0 fully saturated rings. The van der Waals surface area contributed by atoms with Gasteiger partial charge in [-0.3, -0.25) is 0 Å². The molecule has 0 aliphatic heterocycles. The summed E-state index contributed by atoms with van der Waals surface area (Å²) in [6.07, 6.45) is 0. The minimum absolute atomic E-state index is 0.727. The monoisotopic (exact) mass is 336 g/mol. The van der Waals surface area contributed by atoms with E-state index in [1.54, 1.807) is 0 Å². The Kier molecular flexibility index (Phi) is 5.80. The molecule has 0 aromatic heterocycles. The van der Waals surface area contributed by atoms with E-state index in [4.69, 9.17) is 4.74 Å². The van der Waals surface area contributed by atoms with Crippen molar-refractivity contribution in [2.75, 3.05) is 12.4 Å². The van der Waals surface area contributed by atoms with Gasteiger partial charge in [-0.05, 0) is 24.6 Å². The third-order valence-corrected chi connectivity index (χ3v) is 4.36. The van der Waals surface area contributed by atoms with Crippen molar-refractivity contribution in [3.8, 4) is 5.75 Å². The first-order chi connectivity index (χ1) is 9.31. The fourth-order valence-corrected chi connectivity index (χ4v) is 3.04. The van der Waals surface area contributed by atoms with Crippen LogP contribution in [-0.4, -0.2) is 12.4 Å². The number of ether oxygens (including phenoxy) is 1. The van der Waals surface area contributed by atoms with Crippen LogP contribution in [0.4, 0.5) is 0 Å². The fourth-order valence-electron chi connectivity index (χ4n) is 1.84. The molecular weight excluding hydrogens is 320 g/mol. The minimum Gasteiger partial charge on any atom is -0.492 e. The molecule has 3 heteroatoms. The van der Waals surface area contributed by atoms with Crippen molar-refractivity contribution >= 4 is 27.7 Å². The van der Waals surface area contributed by atoms with E-state index in [1.807, 2.05) is 17.8 Å². The van der Waals surface area contributed by atoms with Gasteiger partial charge in [0.25, 0.3) is 0 Å². The van der Waals surface area contributed by atoms with Crippen LogP contribution in [0, 0.1) is 6.92 Å². The van der Waals surface area contributed by atoms with E-state index >= 15 is 0 Å². The van der Waals surface area contributed by atoms with Crippen molar-refractivity contribution < 1.29 is 4.74 Å². The molecule has 0 saturated heterocycles. The van der Waals surface area contributed by atoms with Gasteiger partial charge < -0.3 is 4.74 Å². The van der Waals surface area contributed by atoms with Crippen molar-refractivity contribution in [2.24, 2.45) is 0 Å². The number of para-hydroxylation sites is 1. The second kappa shape index (κ2) is 7.61. The third-order valence-electron chi connectivity index (χ3n) is 2.78. The van der Waals surface area contributed by atoms with E-state index in [0.29, 0.717) is 0 Å². The topological polar surface area (TPSA) is 9.23 Å². The number of aryl methyl sites for hydroxylation is 1. The van der Waals surface area contributed by atoms with Crippen LogP contribution in [0.2, 0.25) is 0 Å². The predicted octanol–water partition coefficient (Wildman–Crippen LogP) is 5.06. The Hall–Kier alpha value is -0.930. The predicted molar refractivity (Wildman–Crippen MR) is 86.5 cm³/mol. The number of thioether (sulfide) groups is 1. The van der Waals surface area contributed by atoms with Gasteiger partial charge in [0.05, 0.1) is 6.61 Å². The van der Waals surface area contributed by atoms with Crippen LogP contribution in [0.1, 0.15) is 11.1 Å². The van der Waals surface area contributed by atoms with Crippen molar-refractivity contribution in [2.45, 2.75) is 17.1 Å². The van der Waals surface area contributed by atoms with Crippen LogP contribution in [-0.2, 0) is 5.33 Å². The van der Waals surface area contributed by atoms with Gasteiger partial charge in [-0.15, -0.1) is 11.8 Å². The van der Waals surface area contributed by atoms with E-state index in [0.717, 1.165) is 23.4 Å². The maximum absolute atomic E-state index is 5.93. The molecule has 1 nitrogen and oxygen atoms in total. The summed E-state index contributed by atoms with van der Waals surface area (Å²) in [4.78, 5) is 1.29. The summed E-state index contributed by atoms with van der Waals surface area (Å²) in [5.74, 6) is 1.98. The molecule has 2 rings (SSSR count). The lowest BCUT2D eigenvalue weighted by molar-refractivity contribution is 0.339. The zero-order valence-corrected chi connectivity index (χ0v) is 13.3. The quantitative estimate of drug-likeness (QED) is 0.414. The summed E-state index contributed by atoms with van der Waals surface area (Å²) < 4.78 is 5.93. The van der Waals surface area contributed by atoms with Crippen molar-refractivity contribution in [1.29, 1.82) is 0 Å². The zero-order valence-electron chi connectivity index (χ0n) is 10.9. The summed E-state index contributed by atoms with van der Waals surface area (Å²) >= 11 is 5.33. The number of alkyl halides is 1. The standard InChI is InChI=1S/C16H17BrOS/c1-13-6-5-7-14(12-17)16(13)18-10-11-19-15-8-3-2-4-9-15/h2-9H,10-12H2,1H3. The van der Waals surface area contributed by atoms with Gasteiger partial charge in [0.1, 0.15) is 5.75 Å². The SMILES string of the molecule is Cc1cccc(CBr)c1OCCSc1ccccc1. The lowest BCUT2D eigenvalue weighted by Crippen LogP contribution is -2.03. The van der Waals surface area contributed by atoms with Crippen LogP contribution >= 0.6 is 27.7 Å². The Morgan fingerprint density at radius 1 is 1.05 bits per heavy atom. The molecule has 0 unspecified atom stereocenters. The Bertz CT molecular complexity index is 513. The van der Waals surface area contributed by atoms with Gasteiger partial charge in [-0.2, -0.15) is 0 Å². The molecule has 0 bridgehead atoms. The average Bonchev–Trinajstić information content (AvgIpc) is 2.46. The van der Waals surface area contributed by atoms with Crippen LogP contribution < -0.4 is 4.74 Å². The van der Waals surface area contributed by atoms with E-state index in [1.165, 1.54) is 16.0 Å².